The van der Waals surface area contributed by atoms with E-state index in [1.54, 1.807) is 82.3 Å². The predicted octanol–water partition coefficient (Wildman–Crippen LogP) is 7.36. The fourth-order valence-electron chi connectivity index (χ4n) is 11.0. The molecule has 1 aliphatic heterocycles. The van der Waals surface area contributed by atoms with Gasteiger partial charge in [-0.3, -0.25) is 14.4 Å². The molecule has 2 aromatic rings. The average Bonchev–Trinajstić information content (AvgIpc) is 3.25. The van der Waals surface area contributed by atoms with Crippen LogP contribution in [0.25, 0.3) is 0 Å². The van der Waals surface area contributed by atoms with Gasteiger partial charge in [0.05, 0.1) is 36.4 Å². The van der Waals surface area contributed by atoms with Gasteiger partial charge in [-0.1, -0.05) is 104 Å². The highest BCUT2D eigenvalue weighted by Gasteiger charge is 2.76. The van der Waals surface area contributed by atoms with Crippen molar-refractivity contribution in [2.45, 2.75) is 179 Å². The van der Waals surface area contributed by atoms with Gasteiger partial charge in [-0.25, -0.2) is 4.79 Å². The summed E-state index contributed by atoms with van der Waals surface area (Å²) in [5.74, 6) is -4.01. The summed E-state index contributed by atoms with van der Waals surface area (Å²) in [5, 5.41) is 41.8. The highest BCUT2D eigenvalue weighted by Crippen LogP contribution is 2.63. The molecule has 3 fully saturated rings. The molecule has 1 saturated heterocycles. The summed E-state index contributed by atoms with van der Waals surface area (Å²) in [6.45, 7) is 24.0. The average molecular weight is 936 g/mol. The SMILES string of the molecule is CC[Si](CC)(CC)O[C@H]1C[C@H]2OC[C@@]2(O)[C@H]2[C@H](O)[C@]3(O)C[C@H](OC(=O)[C@H](O[Si](C)(C)C(C)(C)C)[C@@H](NC(=O)c4ccccc4)c4ccccc4)C(C)=C([C@@H](OC(C)=O)C(=O)[C@]12C)C3(C)C. The van der Waals surface area contributed by atoms with Crippen molar-refractivity contribution in [3.63, 3.8) is 0 Å². The lowest BCUT2D eigenvalue weighted by Gasteiger charge is -2.67. The third kappa shape index (κ3) is 8.66. The van der Waals surface area contributed by atoms with E-state index in [0.29, 0.717) is 16.7 Å². The molecule has 1 amide bonds. The molecule has 13 nitrogen and oxygen atoms in total. The monoisotopic (exact) mass is 935 g/mol. The molecule has 0 radical (unpaired) electrons. The van der Waals surface area contributed by atoms with Crippen molar-refractivity contribution in [1.29, 1.82) is 0 Å². The number of esters is 2. The van der Waals surface area contributed by atoms with Crippen molar-refractivity contribution in [3.05, 3.63) is 82.9 Å². The maximum absolute atomic E-state index is 15.8. The number of hydrogen-bond donors (Lipinski definition) is 4. The van der Waals surface area contributed by atoms with Crippen LogP contribution in [-0.4, -0.2) is 110 Å². The van der Waals surface area contributed by atoms with Crippen LogP contribution in [0.3, 0.4) is 0 Å². The van der Waals surface area contributed by atoms with Gasteiger partial charge < -0.3 is 43.7 Å². The Hall–Kier alpha value is -3.55. The van der Waals surface area contributed by atoms with Crippen LogP contribution in [0.5, 0.6) is 0 Å². The van der Waals surface area contributed by atoms with Crippen molar-refractivity contribution in [2.75, 3.05) is 6.61 Å². The first-order valence-corrected chi connectivity index (χ1v) is 28.8. The standard InChI is InChI=1S/C50H73NO12Si2/c1-14-65(15-2,16-3)62-35-27-36-49(57,29-59-36)41-43(54)50(58)28-34(30(4)37(47(50,9)10)39(60-31(5)52)42(53)48(35,41)11)61-45(56)40(63-64(12,13)46(6,7)8)38(32-23-19-17-20-24-32)51-44(55)33-25-21-18-22-26-33/h17-26,34-36,38-41,43,54,57-58H,14-16,27-29H2,1-13H3,(H,51,55)/t34-,35-,36+,38-,39+,40+,41-,43-,48+,49-,50+/m0/s1. The summed E-state index contributed by atoms with van der Waals surface area (Å²) in [7, 11) is -5.33. The molecule has 4 aliphatic rings. The van der Waals surface area contributed by atoms with Crippen LogP contribution in [0.4, 0.5) is 0 Å². The van der Waals surface area contributed by atoms with Gasteiger partial charge in [0.15, 0.2) is 34.6 Å². The van der Waals surface area contributed by atoms with Crippen molar-refractivity contribution >= 4 is 40.3 Å². The van der Waals surface area contributed by atoms with Gasteiger partial charge in [-0.05, 0) is 79.0 Å². The van der Waals surface area contributed by atoms with Crippen molar-refractivity contribution in [2.24, 2.45) is 16.7 Å². The van der Waals surface area contributed by atoms with Crippen molar-refractivity contribution in [3.8, 4) is 0 Å². The lowest BCUT2D eigenvalue weighted by Crippen LogP contribution is -2.81. The van der Waals surface area contributed by atoms with Crippen LogP contribution in [0, 0.1) is 16.7 Å². The van der Waals surface area contributed by atoms with Crippen LogP contribution < -0.4 is 5.32 Å². The molecule has 2 bridgehead atoms. The molecular weight excluding hydrogens is 863 g/mol. The van der Waals surface area contributed by atoms with Gasteiger partial charge in [0.2, 0.25) is 0 Å². The Morgan fingerprint density at radius 3 is 2.00 bits per heavy atom. The van der Waals surface area contributed by atoms with Gasteiger partial charge >= 0.3 is 11.9 Å². The van der Waals surface area contributed by atoms with Crippen LogP contribution in [0.2, 0.25) is 36.3 Å². The molecule has 2 aromatic carbocycles. The number of aliphatic hydroxyl groups excluding tert-OH is 1. The van der Waals surface area contributed by atoms with E-state index >= 15 is 9.59 Å². The minimum atomic E-state index is -2.85. The molecule has 2 saturated carbocycles. The van der Waals surface area contributed by atoms with Gasteiger partial charge in [-0.2, -0.15) is 0 Å². The van der Waals surface area contributed by atoms with Gasteiger partial charge in [0.25, 0.3) is 5.91 Å². The van der Waals surface area contributed by atoms with E-state index in [-0.39, 0.29) is 25.0 Å². The number of ether oxygens (including phenoxy) is 3. The van der Waals surface area contributed by atoms with Crippen molar-refractivity contribution < 1.29 is 57.6 Å². The Kier molecular flexibility index (Phi) is 14.2. The minimum Gasteiger partial charge on any atom is -0.456 e. The van der Waals surface area contributed by atoms with E-state index in [9.17, 15) is 24.9 Å². The number of aliphatic hydroxyl groups is 3. The number of nitrogens with one attached hydrogen (secondary N) is 1. The lowest BCUT2D eigenvalue weighted by atomic mass is 9.45. The van der Waals surface area contributed by atoms with Gasteiger partial charge in [-0.15, -0.1) is 0 Å². The van der Waals surface area contributed by atoms with Crippen LogP contribution in [0.1, 0.15) is 111 Å². The Morgan fingerprint density at radius 2 is 1.49 bits per heavy atom. The highest BCUT2D eigenvalue weighted by molar-refractivity contribution is 6.74. The quantitative estimate of drug-likeness (QED) is 0.0839. The molecule has 1 heterocycles. The second-order valence-corrected chi connectivity index (χ2v) is 30.7. The first kappa shape index (κ1) is 50.9. The molecule has 3 aliphatic carbocycles. The summed E-state index contributed by atoms with van der Waals surface area (Å²) in [4.78, 5) is 58.3. The maximum Gasteiger partial charge on any atom is 0.337 e. The Morgan fingerprint density at radius 1 is 0.923 bits per heavy atom. The predicted molar refractivity (Wildman–Crippen MR) is 251 cm³/mol. The van der Waals surface area contributed by atoms with Crippen LogP contribution in [-0.2, 0) is 37.4 Å². The van der Waals surface area contributed by atoms with E-state index in [2.05, 4.69) is 26.1 Å². The number of carbonyl (C=O) groups is 4. The molecule has 65 heavy (non-hydrogen) atoms. The Labute approximate surface area is 387 Å². The second kappa shape index (κ2) is 18.2. The largest absolute Gasteiger partial charge is 0.456 e. The fraction of sp³-hybridized carbons (Fsp3) is 0.640. The van der Waals surface area contributed by atoms with E-state index in [0.717, 1.165) is 18.1 Å². The summed E-state index contributed by atoms with van der Waals surface area (Å²) in [6.07, 6.45) is -8.02. The Balaban J connectivity index is 1.52. The molecule has 358 valence electrons. The first-order valence-electron chi connectivity index (χ1n) is 23.3. The minimum absolute atomic E-state index is 0.155. The Bertz CT molecular complexity index is 2130. The van der Waals surface area contributed by atoms with E-state index < -0.39 is 116 Å². The molecule has 0 unspecified atom stereocenters. The van der Waals surface area contributed by atoms with E-state index in [4.69, 9.17) is 23.1 Å². The number of ketones is 1. The number of rotatable bonds is 14. The van der Waals surface area contributed by atoms with Crippen LogP contribution in [0.15, 0.2) is 71.8 Å². The van der Waals surface area contributed by atoms with E-state index in [1.165, 1.54) is 6.92 Å². The second-order valence-electron chi connectivity index (χ2n) is 21.2. The number of amides is 1. The fourth-order valence-corrected chi connectivity index (χ4v) is 15.1. The number of Topliss-reactive ketones (excluding diaryl/α,β-unsaturated/α-hetero) is 1. The molecular formula is C50H73NO12Si2. The smallest absolute Gasteiger partial charge is 0.337 e. The number of hydrogen-bond acceptors (Lipinski definition) is 12. The number of benzene rings is 2. The van der Waals surface area contributed by atoms with Crippen molar-refractivity contribution in [1.82, 2.24) is 5.32 Å². The third-order valence-electron chi connectivity index (χ3n) is 16.5. The summed E-state index contributed by atoms with van der Waals surface area (Å²) in [5.41, 5.74) is -5.67. The lowest BCUT2D eigenvalue weighted by molar-refractivity contribution is -0.343. The first-order chi connectivity index (χ1) is 30.2. The maximum atomic E-state index is 15.8. The summed E-state index contributed by atoms with van der Waals surface area (Å²) in [6, 6.07) is 18.9. The third-order valence-corrected chi connectivity index (χ3v) is 25.6. The topological polar surface area (TPSA) is 187 Å². The molecule has 0 aromatic heterocycles. The van der Waals surface area contributed by atoms with Gasteiger partial charge in [0, 0.05) is 36.7 Å². The normalized spacial score (nSPS) is 32.1. The zero-order valence-corrected chi connectivity index (χ0v) is 42.7. The summed E-state index contributed by atoms with van der Waals surface area (Å²) >= 11 is 0. The molecule has 0 spiro atoms. The van der Waals surface area contributed by atoms with Gasteiger partial charge in [0.1, 0.15) is 17.3 Å². The van der Waals surface area contributed by atoms with E-state index in [1.807, 2.05) is 39.9 Å². The van der Waals surface area contributed by atoms with Crippen LogP contribution >= 0.6 is 0 Å². The molecule has 11 atom stereocenters. The molecule has 15 heteroatoms. The molecule has 6 rings (SSSR count). The summed E-state index contributed by atoms with van der Waals surface area (Å²) < 4.78 is 32.7. The molecule has 4 N–H and O–H groups in total. The highest BCUT2D eigenvalue weighted by atomic mass is 28.4. The number of carbonyl (C=O) groups excluding carboxylic acids is 4. The number of fused-ring (bicyclic) bond motifs is 5. The zero-order chi connectivity index (χ0) is 48.3. The zero-order valence-electron chi connectivity index (χ0n) is 40.7.